The van der Waals surface area contributed by atoms with Gasteiger partial charge in [0.25, 0.3) is 0 Å². The molecule has 2 N–H and O–H groups in total. The van der Waals surface area contributed by atoms with Gasteiger partial charge < -0.3 is 20.1 Å². The van der Waals surface area contributed by atoms with Gasteiger partial charge in [-0.1, -0.05) is 31.9 Å². The Kier molecular flexibility index (Phi) is 8.89. The largest absolute Gasteiger partial charge is 0.544 e. The molecule has 3 atom stereocenters. The number of rotatable bonds is 11. The molecule has 0 fully saturated rings. The monoisotopic (exact) mass is 301 g/mol. The van der Waals surface area contributed by atoms with Crippen LogP contribution >= 0.6 is 0 Å². The second kappa shape index (κ2) is 9.52. The third-order valence-corrected chi connectivity index (χ3v) is 4.11. The van der Waals surface area contributed by atoms with E-state index in [2.05, 4.69) is 6.92 Å². The van der Waals surface area contributed by atoms with Gasteiger partial charge in [0.1, 0.15) is 6.04 Å². The second-order valence-corrected chi connectivity index (χ2v) is 5.38. The molecule has 0 saturated heterocycles. The average Bonchev–Trinajstić information content (AvgIpc) is 2.45. The molecule has 0 aliphatic rings. The summed E-state index contributed by atoms with van der Waals surface area (Å²) in [5.74, 6) is -2.49. The molecule has 0 bridgehead atoms. The minimum Gasteiger partial charge on any atom is -0.544 e. The van der Waals surface area contributed by atoms with Gasteiger partial charge in [0.2, 0.25) is 0 Å². The molecule has 0 heterocycles. The van der Waals surface area contributed by atoms with Crippen molar-refractivity contribution in [1.82, 2.24) is 0 Å². The van der Waals surface area contributed by atoms with Gasteiger partial charge in [-0.25, -0.2) is 4.79 Å². The first-order chi connectivity index (χ1) is 9.83. The highest BCUT2D eigenvalue weighted by molar-refractivity contribution is 5.73. The Morgan fingerprint density at radius 1 is 1.19 bits per heavy atom. The molecule has 0 amide bonds. The zero-order valence-electron chi connectivity index (χ0n) is 13.1. The number of carboxylic acid groups (broad SMARTS) is 2. The number of carboxylic acids is 2. The Bertz CT molecular complexity index is 347. The number of carbonyl (C=O) groups is 2. The molecule has 0 aromatic carbocycles. The van der Waals surface area contributed by atoms with E-state index >= 15 is 0 Å². The van der Waals surface area contributed by atoms with E-state index in [4.69, 9.17) is 0 Å². The fraction of sp³-hybridized carbons (Fsp3) is 0.733. The van der Waals surface area contributed by atoms with Crippen molar-refractivity contribution in [3.8, 4) is 0 Å². The van der Waals surface area contributed by atoms with Crippen LogP contribution in [0.4, 0.5) is 0 Å². The average molecular weight is 301 g/mol. The summed E-state index contributed by atoms with van der Waals surface area (Å²) in [6.45, 7) is 4.58. The van der Waals surface area contributed by atoms with Gasteiger partial charge in [0, 0.05) is 6.42 Å². The fourth-order valence-electron chi connectivity index (χ4n) is 2.34. The number of aliphatic carboxylic acids is 2. The van der Waals surface area contributed by atoms with Crippen molar-refractivity contribution in [3.63, 3.8) is 0 Å². The number of carbonyl (C=O) groups excluding carboxylic acids is 1. The number of hydrogen-bond acceptors (Lipinski definition) is 4. The highest BCUT2D eigenvalue weighted by Gasteiger charge is 2.43. The lowest BCUT2D eigenvalue weighted by Gasteiger charge is -2.44. The maximum atomic E-state index is 11.2. The minimum atomic E-state index is -1.35. The number of aliphatic hydroxyl groups excluding tert-OH is 1. The van der Waals surface area contributed by atoms with Crippen LogP contribution in [0.5, 0.6) is 0 Å². The minimum absolute atomic E-state index is 0.238. The number of nitrogens with zero attached hydrogens (tertiary/aromatic N) is 1. The van der Waals surface area contributed by atoms with Crippen LogP contribution in [-0.4, -0.2) is 52.0 Å². The first-order valence-electron chi connectivity index (χ1n) is 7.39. The third kappa shape index (κ3) is 5.47. The highest BCUT2D eigenvalue weighted by atomic mass is 16.4. The Balaban J connectivity index is 4.99. The van der Waals surface area contributed by atoms with Crippen LogP contribution in [-0.2, 0) is 9.59 Å². The van der Waals surface area contributed by atoms with E-state index in [9.17, 15) is 24.9 Å². The SMILES string of the molecule is CCCC/C=C/CC[N+](CO)(C(C)C(=O)[O-])C(C)C(=O)O. The number of unbranched alkanes of at least 4 members (excludes halogenated alkanes) is 2. The van der Waals surface area contributed by atoms with Crippen molar-refractivity contribution in [3.05, 3.63) is 12.2 Å². The van der Waals surface area contributed by atoms with Gasteiger partial charge in [-0.2, -0.15) is 0 Å². The Morgan fingerprint density at radius 3 is 2.19 bits per heavy atom. The number of hydrogen-bond donors (Lipinski definition) is 2. The molecule has 0 aromatic heterocycles. The van der Waals surface area contributed by atoms with Crippen LogP contribution in [0.25, 0.3) is 0 Å². The summed E-state index contributed by atoms with van der Waals surface area (Å²) in [4.78, 5) is 22.4. The Hall–Kier alpha value is -1.40. The van der Waals surface area contributed by atoms with Crippen LogP contribution in [0.3, 0.4) is 0 Å². The number of allylic oxidation sites excluding steroid dienone is 1. The molecule has 6 nitrogen and oxygen atoms in total. The molecule has 0 aromatic rings. The Labute approximate surface area is 126 Å². The lowest BCUT2D eigenvalue weighted by atomic mass is 10.1. The summed E-state index contributed by atoms with van der Waals surface area (Å²) in [6.07, 6.45) is 7.55. The maximum absolute atomic E-state index is 11.2. The molecule has 0 rings (SSSR count). The van der Waals surface area contributed by atoms with Crippen LogP contribution in [0.2, 0.25) is 0 Å². The van der Waals surface area contributed by atoms with Gasteiger partial charge in [-0.15, -0.1) is 0 Å². The van der Waals surface area contributed by atoms with E-state index in [1.165, 1.54) is 13.8 Å². The van der Waals surface area contributed by atoms with Gasteiger partial charge in [0.05, 0.1) is 12.5 Å². The van der Waals surface area contributed by atoms with Crippen molar-refractivity contribution in [2.24, 2.45) is 0 Å². The summed E-state index contributed by atoms with van der Waals surface area (Å²) in [5, 5.41) is 30.0. The van der Waals surface area contributed by atoms with Crippen molar-refractivity contribution >= 4 is 11.9 Å². The predicted molar refractivity (Wildman–Crippen MR) is 77.1 cm³/mol. The second-order valence-electron chi connectivity index (χ2n) is 5.38. The van der Waals surface area contributed by atoms with E-state index in [0.29, 0.717) is 6.42 Å². The lowest BCUT2D eigenvalue weighted by molar-refractivity contribution is -0.972. The van der Waals surface area contributed by atoms with Gasteiger partial charge in [-0.05, 0) is 20.3 Å². The standard InChI is InChI=1S/C15H27NO5/c1-4-5-6-7-8-9-10-16(11-17,12(2)14(18)19)13(3)15(20)21/h7-8,12-13,17H,4-6,9-11H2,1-3H3,(H-,18,19,20,21)/b8-7+. The smallest absolute Gasteiger partial charge is 0.362 e. The predicted octanol–water partition coefficient (Wildman–Crippen LogP) is 0.501. The first kappa shape index (κ1) is 19.6. The van der Waals surface area contributed by atoms with E-state index in [1.54, 1.807) is 0 Å². The van der Waals surface area contributed by atoms with E-state index in [0.717, 1.165) is 19.3 Å². The molecule has 0 saturated carbocycles. The molecular weight excluding hydrogens is 274 g/mol. The van der Waals surface area contributed by atoms with E-state index < -0.39 is 35.2 Å². The van der Waals surface area contributed by atoms with Crippen LogP contribution in [0.15, 0.2) is 12.2 Å². The van der Waals surface area contributed by atoms with Crippen molar-refractivity contribution < 1.29 is 29.4 Å². The molecule has 0 radical (unpaired) electrons. The van der Waals surface area contributed by atoms with Crippen molar-refractivity contribution in [2.45, 2.75) is 58.5 Å². The maximum Gasteiger partial charge on any atom is 0.362 e. The number of quaternary nitrogens is 1. The summed E-state index contributed by atoms with van der Waals surface area (Å²) in [7, 11) is 0. The summed E-state index contributed by atoms with van der Waals surface area (Å²) in [5.41, 5.74) is 0. The van der Waals surface area contributed by atoms with Crippen molar-refractivity contribution in [1.29, 1.82) is 0 Å². The fourth-order valence-corrected chi connectivity index (χ4v) is 2.34. The zero-order chi connectivity index (χ0) is 16.5. The topological polar surface area (TPSA) is 97.7 Å². The van der Waals surface area contributed by atoms with Crippen LogP contribution in [0.1, 0.15) is 46.5 Å². The number of aliphatic hydroxyl groups is 1. The van der Waals surface area contributed by atoms with Crippen molar-refractivity contribution in [2.75, 3.05) is 13.3 Å². The molecule has 6 heteroatoms. The van der Waals surface area contributed by atoms with Gasteiger partial charge in [-0.3, -0.25) is 4.48 Å². The molecule has 0 aliphatic heterocycles. The van der Waals surface area contributed by atoms with Gasteiger partial charge >= 0.3 is 5.97 Å². The van der Waals surface area contributed by atoms with E-state index in [-0.39, 0.29) is 6.54 Å². The quantitative estimate of drug-likeness (QED) is 0.251. The molecular formula is C15H27NO5. The zero-order valence-corrected chi connectivity index (χ0v) is 13.1. The molecule has 122 valence electrons. The van der Waals surface area contributed by atoms with Gasteiger partial charge in [0.15, 0.2) is 12.8 Å². The summed E-state index contributed by atoms with van der Waals surface area (Å²) >= 11 is 0. The molecule has 0 aliphatic carbocycles. The third-order valence-electron chi connectivity index (χ3n) is 4.11. The lowest BCUT2D eigenvalue weighted by Crippen LogP contribution is -2.67. The Morgan fingerprint density at radius 2 is 1.76 bits per heavy atom. The first-order valence-corrected chi connectivity index (χ1v) is 7.39. The molecule has 0 spiro atoms. The van der Waals surface area contributed by atoms with E-state index in [1.807, 2.05) is 12.2 Å². The van der Waals surface area contributed by atoms with Crippen LogP contribution < -0.4 is 5.11 Å². The summed E-state index contributed by atoms with van der Waals surface area (Å²) < 4.78 is -0.435. The molecule has 3 unspecified atom stereocenters. The highest BCUT2D eigenvalue weighted by Crippen LogP contribution is 2.20. The normalized spacial score (nSPS) is 17.3. The summed E-state index contributed by atoms with van der Waals surface area (Å²) in [6, 6.07) is -2.11. The molecule has 21 heavy (non-hydrogen) atoms. The van der Waals surface area contributed by atoms with Crippen LogP contribution in [0, 0.1) is 0 Å².